The monoisotopic (exact) mass is 290 g/mol. The molecule has 6 heteroatoms. The van der Waals surface area contributed by atoms with Crippen molar-refractivity contribution >= 4 is 5.91 Å². The topological polar surface area (TPSA) is 72.1 Å². The highest BCUT2D eigenvalue weighted by molar-refractivity contribution is 5.97. The number of rotatable bonds is 6. The van der Waals surface area contributed by atoms with E-state index in [1.165, 1.54) is 0 Å². The van der Waals surface area contributed by atoms with Gasteiger partial charge in [0.25, 0.3) is 5.91 Å². The maximum absolute atomic E-state index is 12.5. The number of hydrogen-bond donors (Lipinski definition) is 2. The van der Waals surface area contributed by atoms with Crippen LogP contribution in [0.3, 0.4) is 0 Å². The van der Waals surface area contributed by atoms with E-state index in [9.17, 15) is 9.90 Å². The van der Waals surface area contributed by atoms with Crippen molar-refractivity contribution in [2.45, 2.75) is 26.3 Å². The number of carbonyl (C=O) groups excluding carboxylic acids is 1. The molecule has 0 fully saturated rings. The number of aromatic nitrogens is 3. The third-order valence-electron chi connectivity index (χ3n) is 3.85. The van der Waals surface area contributed by atoms with Crippen molar-refractivity contribution in [3.8, 4) is 5.82 Å². The van der Waals surface area contributed by atoms with E-state index in [4.69, 9.17) is 0 Å². The molecule has 0 aliphatic rings. The summed E-state index contributed by atoms with van der Waals surface area (Å²) in [5, 5.41) is 16.5. The fourth-order valence-electron chi connectivity index (χ4n) is 2.27. The van der Waals surface area contributed by atoms with E-state index in [2.05, 4.69) is 10.4 Å². The van der Waals surface area contributed by atoms with E-state index in [-0.39, 0.29) is 24.5 Å². The molecule has 2 atom stereocenters. The summed E-state index contributed by atoms with van der Waals surface area (Å²) < 4.78 is 3.51. The molecule has 0 saturated carbocycles. The van der Waals surface area contributed by atoms with Crippen LogP contribution in [0.15, 0.2) is 30.7 Å². The lowest BCUT2D eigenvalue weighted by atomic mass is 9.99. The molecule has 6 nitrogen and oxygen atoms in total. The van der Waals surface area contributed by atoms with Gasteiger partial charge in [-0.25, -0.2) is 0 Å². The van der Waals surface area contributed by atoms with Gasteiger partial charge in [0.2, 0.25) is 0 Å². The van der Waals surface area contributed by atoms with Crippen LogP contribution < -0.4 is 5.32 Å². The molecule has 0 saturated heterocycles. The molecule has 2 N–H and O–H groups in total. The number of aryl methyl sites for hydroxylation is 1. The van der Waals surface area contributed by atoms with Crippen LogP contribution in [0.1, 0.15) is 30.6 Å². The van der Waals surface area contributed by atoms with Crippen molar-refractivity contribution in [1.82, 2.24) is 19.7 Å². The zero-order valence-corrected chi connectivity index (χ0v) is 12.7. The summed E-state index contributed by atoms with van der Waals surface area (Å²) in [5.41, 5.74) is 0.496. The Morgan fingerprint density at radius 1 is 1.43 bits per heavy atom. The lowest BCUT2D eigenvalue weighted by molar-refractivity contribution is 0.0891. The highest BCUT2D eigenvalue weighted by Gasteiger charge is 2.22. The molecule has 0 aromatic carbocycles. The van der Waals surface area contributed by atoms with E-state index < -0.39 is 0 Å². The van der Waals surface area contributed by atoms with Crippen LogP contribution in [-0.4, -0.2) is 38.0 Å². The highest BCUT2D eigenvalue weighted by Crippen LogP contribution is 2.15. The second kappa shape index (κ2) is 6.58. The van der Waals surface area contributed by atoms with Gasteiger partial charge in [-0.3, -0.25) is 9.48 Å². The van der Waals surface area contributed by atoms with E-state index in [1.54, 1.807) is 17.9 Å². The smallest absolute Gasteiger partial charge is 0.257 e. The number of nitrogens with zero attached hydrogens (tertiary/aromatic N) is 3. The minimum atomic E-state index is -0.250. The van der Waals surface area contributed by atoms with Gasteiger partial charge in [-0.2, -0.15) is 5.10 Å². The normalized spacial score (nSPS) is 13.9. The van der Waals surface area contributed by atoms with Gasteiger partial charge < -0.3 is 15.0 Å². The summed E-state index contributed by atoms with van der Waals surface area (Å²) in [5.74, 6) is 0.704. The Morgan fingerprint density at radius 3 is 2.67 bits per heavy atom. The van der Waals surface area contributed by atoms with E-state index in [0.717, 1.165) is 6.42 Å². The number of carbonyl (C=O) groups is 1. The maximum atomic E-state index is 12.5. The first-order chi connectivity index (χ1) is 10.1. The number of aliphatic hydroxyl groups is 1. The van der Waals surface area contributed by atoms with E-state index in [1.807, 2.05) is 42.9 Å². The molecule has 2 heterocycles. The van der Waals surface area contributed by atoms with Gasteiger partial charge >= 0.3 is 0 Å². The van der Waals surface area contributed by atoms with Gasteiger partial charge in [-0.1, -0.05) is 20.3 Å². The van der Waals surface area contributed by atoms with Crippen molar-refractivity contribution in [1.29, 1.82) is 0 Å². The maximum Gasteiger partial charge on any atom is 0.257 e. The van der Waals surface area contributed by atoms with Gasteiger partial charge in [-0.15, -0.1) is 0 Å². The number of aliphatic hydroxyl groups excluding tert-OH is 1. The van der Waals surface area contributed by atoms with Crippen molar-refractivity contribution in [2.24, 2.45) is 13.0 Å². The SMILES string of the molecule is CC[C@H](C)[C@@H](CO)NC(=O)c1cnn(C)c1-n1cccc1. The molecule has 114 valence electrons. The summed E-state index contributed by atoms with van der Waals surface area (Å²) in [4.78, 5) is 12.5. The second-order valence-electron chi connectivity index (χ2n) is 5.24. The Kier molecular flexibility index (Phi) is 4.80. The minimum Gasteiger partial charge on any atom is -0.394 e. The minimum absolute atomic E-state index is 0.0696. The van der Waals surface area contributed by atoms with Gasteiger partial charge in [-0.05, 0) is 18.1 Å². The largest absolute Gasteiger partial charge is 0.394 e. The Morgan fingerprint density at radius 2 is 2.10 bits per heavy atom. The predicted octanol–water partition coefficient (Wildman–Crippen LogP) is 1.35. The molecule has 0 aliphatic carbocycles. The second-order valence-corrected chi connectivity index (χ2v) is 5.24. The lowest BCUT2D eigenvalue weighted by Gasteiger charge is -2.22. The molecule has 2 aromatic heterocycles. The quantitative estimate of drug-likeness (QED) is 0.843. The number of hydrogen-bond acceptors (Lipinski definition) is 3. The Labute approximate surface area is 124 Å². The van der Waals surface area contributed by atoms with E-state index in [0.29, 0.717) is 11.4 Å². The third kappa shape index (κ3) is 3.16. The molecule has 0 radical (unpaired) electrons. The molecule has 0 unspecified atom stereocenters. The summed E-state index contributed by atoms with van der Waals surface area (Å²) in [6.45, 7) is 3.98. The first-order valence-corrected chi connectivity index (χ1v) is 7.15. The summed E-state index contributed by atoms with van der Waals surface area (Å²) in [6.07, 6.45) is 6.18. The summed E-state index contributed by atoms with van der Waals surface area (Å²) in [7, 11) is 1.80. The Hall–Kier alpha value is -2.08. The van der Waals surface area contributed by atoms with Crippen molar-refractivity contribution < 1.29 is 9.90 Å². The van der Waals surface area contributed by atoms with Crippen molar-refractivity contribution in [3.05, 3.63) is 36.3 Å². The Balaban J connectivity index is 2.24. The molecule has 2 rings (SSSR count). The molecule has 1 amide bonds. The van der Waals surface area contributed by atoms with Crippen LogP contribution in [0, 0.1) is 5.92 Å². The van der Waals surface area contributed by atoms with Crippen LogP contribution in [0.25, 0.3) is 5.82 Å². The van der Waals surface area contributed by atoms with Crippen LogP contribution in [0.2, 0.25) is 0 Å². The van der Waals surface area contributed by atoms with Crippen molar-refractivity contribution in [3.63, 3.8) is 0 Å². The van der Waals surface area contributed by atoms with Crippen LogP contribution in [0.4, 0.5) is 0 Å². The zero-order chi connectivity index (χ0) is 15.4. The standard InChI is InChI=1S/C15H22N4O2/c1-4-11(2)13(10-20)17-14(21)12-9-16-18(3)15(12)19-7-5-6-8-19/h5-9,11,13,20H,4,10H2,1-3H3,(H,17,21)/t11-,13+/m0/s1. The van der Waals surface area contributed by atoms with Crippen molar-refractivity contribution in [2.75, 3.05) is 6.61 Å². The first-order valence-electron chi connectivity index (χ1n) is 7.15. The fraction of sp³-hybridized carbons (Fsp3) is 0.467. The third-order valence-corrected chi connectivity index (χ3v) is 3.85. The molecule has 21 heavy (non-hydrogen) atoms. The number of amides is 1. The van der Waals surface area contributed by atoms with Crippen LogP contribution in [0.5, 0.6) is 0 Å². The van der Waals surface area contributed by atoms with E-state index >= 15 is 0 Å². The summed E-state index contributed by atoms with van der Waals surface area (Å²) >= 11 is 0. The van der Waals surface area contributed by atoms with Gasteiger partial charge in [0.15, 0.2) is 0 Å². The molecule has 2 aromatic rings. The molecular weight excluding hydrogens is 268 g/mol. The van der Waals surface area contributed by atoms with Gasteiger partial charge in [0, 0.05) is 19.4 Å². The average Bonchev–Trinajstić information content (AvgIpc) is 3.12. The van der Waals surface area contributed by atoms with Crippen LogP contribution in [-0.2, 0) is 7.05 Å². The molecule has 0 aliphatic heterocycles. The molecule has 0 spiro atoms. The van der Waals surface area contributed by atoms with Gasteiger partial charge in [0.1, 0.15) is 11.4 Å². The highest BCUT2D eigenvalue weighted by atomic mass is 16.3. The number of nitrogens with one attached hydrogen (secondary N) is 1. The molecule has 0 bridgehead atoms. The average molecular weight is 290 g/mol. The Bertz CT molecular complexity index is 589. The fourth-order valence-corrected chi connectivity index (χ4v) is 2.27. The zero-order valence-electron chi connectivity index (χ0n) is 12.7. The first kappa shape index (κ1) is 15.3. The molecular formula is C15H22N4O2. The van der Waals surface area contributed by atoms with Gasteiger partial charge in [0.05, 0.1) is 18.8 Å². The summed E-state index contributed by atoms with van der Waals surface area (Å²) in [6, 6.07) is 3.54. The lowest BCUT2D eigenvalue weighted by Crippen LogP contribution is -2.42. The predicted molar refractivity (Wildman–Crippen MR) is 80.3 cm³/mol. The van der Waals surface area contributed by atoms with Crippen LogP contribution >= 0.6 is 0 Å².